The summed E-state index contributed by atoms with van der Waals surface area (Å²) in [6.07, 6.45) is 7.16. The maximum Gasteiger partial charge on any atom is 0.191 e. The van der Waals surface area contributed by atoms with Crippen LogP contribution in [0.4, 0.5) is 0 Å². The Morgan fingerprint density at radius 3 is 2.96 bits per heavy atom. The maximum absolute atomic E-state index is 10.3. The molecule has 1 aliphatic carbocycles. The Balaban J connectivity index is 1.64. The molecule has 0 aromatic heterocycles. The number of benzene rings is 1. The number of fused-ring (bicyclic) bond motifs is 1. The van der Waals surface area contributed by atoms with Gasteiger partial charge in [0.05, 0.1) is 0 Å². The molecule has 1 saturated heterocycles. The van der Waals surface area contributed by atoms with Crippen molar-refractivity contribution in [3.8, 4) is 5.75 Å². The van der Waals surface area contributed by atoms with Crippen molar-refractivity contribution < 1.29 is 5.11 Å². The summed E-state index contributed by atoms with van der Waals surface area (Å²) in [4.78, 5) is 4.34. The van der Waals surface area contributed by atoms with E-state index in [4.69, 9.17) is 0 Å². The van der Waals surface area contributed by atoms with Gasteiger partial charge >= 0.3 is 0 Å². The van der Waals surface area contributed by atoms with Crippen molar-refractivity contribution in [1.82, 2.24) is 10.6 Å². The summed E-state index contributed by atoms with van der Waals surface area (Å²) < 4.78 is 0. The highest BCUT2D eigenvalue weighted by molar-refractivity contribution is 7.99. The molecule has 3 N–H and O–H groups in total. The molecule has 1 fully saturated rings. The number of thioether (sulfide) groups is 1. The quantitative estimate of drug-likeness (QED) is 0.588. The number of phenols is 1. The van der Waals surface area contributed by atoms with Crippen molar-refractivity contribution in [3.63, 3.8) is 0 Å². The molecule has 1 unspecified atom stereocenters. The van der Waals surface area contributed by atoms with E-state index in [0.717, 1.165) is 30.1 Å². The third kappa shape index (κ3) is 4.14. The molecule has 1 aromatic carbocycles. The van der Waals surface area contributed by atoms with Gasteiger partial charge in [0.15, 0.2) is 5.96 Å². The third-order valence-corrected chi connectivity index (χ3v) is 6.00. The second kappa shape index (κ2) is 7.95. The van der Waals surface area contributed by atoms with E-state index in [1.165, 1.54) is 42.6 Å². The molecule has 0 saturated carbocycles. The number of phenolic OH excluding ortho intramolecular Hbond substituents is 1. The lowest BCUT2D eigenvalue weighted by molar-refractivity contribution is 0.463. The van der Waals surface area contributed by atoms with Gasteiger partial charge in [0.2, 0.25) is 0 Å². The SMILES string of the molecule is CN=C(NCc1c(O)ccc2c1CCCC2)NC1CCCSC1. The van der Waals surface area contributed by atoms with Gasteiger partial charge in [0.1, 0.15) is 5.75 Å². The number of nitrogens with zero attached hydrogens (tertiary/aromatic N) is 1. The lowest BCUT2D eigenvalue weighted by atomic mass is 9.88. The summed E-state index contributed by atoms with van der Waals surface area (Å²) in [7, 11) is 1.81. The van der Waals surface area contributed by atoms with E-state index < -0.39 is 0 Å². The standard InChI is InChI=1S/C18H27N3OS/c1-19-18(21-14-6-4-10-23-12-14)20-11-16-15-7-3-2-5-13(15)8-9-17(16)22/h8-9,14,22H,2-7,10-12H2,1H3,(H2,19,20,21). The Hall–Kier alpha value is -1.36. The third-order valence-electron chi connectivity index (χ3n) is 4.78. The fourth-order valence-corrected chi connectivity index (χ4v) is 4.58. The predicted molar refractivity (Wildman–Crippen MR) is 98.4 cm³/mol. The van der Waals surface area contributed by atoms with Crippen LogP contribution in [-0.4, -0.2) is 35.7 Å². The van der Waals surface area contributed by atoms with Crippen molar-refractivity contribution >= 4 is 17.7 Å². The Morgan fingerprint density at radius 2 is 2.17 bits per heavy atom. The Kier molecular flexibility index (Phi) is 5.70. The van der Waals surface area contributed by atoms with Crippen molar-refractivity contribution in [2.24, 2.45) is 4.99 Å². The molecule has 0 bridgehead atoms. The lowest BCUT2D eigenvalue weighted by Crippen LogP contribution is -2.45. The minimum Gasteiger partial charge on any atom is -0.508 e. The smallest absolute Gasteiger partial charge is 0.191 e. The van der Waals surface area contributed by atoms with Crippen LogP contribution in [-0.2, 0) is 19.4 Å². The highest BCUT2D eigenvalue weighted by atomic mass is 32.2. The zero-order valence-electron chi connectivity index (χ0n) is 13.9. The van der Waals surface area contributed by atoms with Crippen LogP contribution in [0.1, 0.15) is 42.4 Å². The maximum atomic E-state index is 10.3. The van der Waals surface area contributed by atoms with Gasteiger partial charge in [0, 0.05) is 31.0 Å². The first-order valence-electron chi connectivity index (χ1n) is 8.65. The van der Waals surface area contributed by atoms with Crippen LogP contribution >= 0.6 is 11.8 Å². The van der Waals surface area contributed by atoms with Gasteiger partial charge in [-0.1, -0.05) is 6.07 Å². The monoisotopic (exact) mass is 333 g/mol. The molecular weight excluding hydrogens is 306 g/mol. The minimum absolute atomic E-state index is 0.404. The van der Waals surface area contributed by atoms with E-state index in [-0.39, 0.29) is 0 Å². The zero-order valence-corrected chi connectivity index (χ0v) is 14.7. The first-order chi connectivity index (χ1) is 11.3. The highest BCUT2D eigenvalue weighted by Crippen LogP contribution is 2.30. The lowest BCUT2D eigenvalue weighted by Gasteiger charge is -2.25. The van der Waals surface area contributed by atoms with Gasteiger partial charge in [-0.25, -0.2) is 0 Å². The first-order valence-corrected chi connectivity index (χ1v) is 9.81. The Bertz CT molecular complexity index is 568. The number of hydrogen-bond acceptors (Lipinski definition) is 3. The highest BCUT2D eigenvalue weighted by Gasteiger charge is 2.18. The molecule has 1 aromatic rings. The summed E-state index contributed by atoms with van der Waals surface area (Å²) in [5, 5.41) is 17.2. The number of aliphatic imine (C=N–C) groups is 1. The fourth-order valence-electron chi connectivity index (χ4n) is 3.50. The molecule has 5 heteroatoms. The van der Waals surface area contributed by atoms with Crippen LogP contribution in [0.25, 0.3) is 0 Å². The number of aryl methyl sites for hydroxylation is 1. The van der Waals surface area contributed by atoms with Crippen LogP contribution < -0.4 is 10.6 Å². The number of hydrogen-bond donors (Lipinski definition) is 3. The van der Waals surface area contributed by atoms with Gasteiger partial charge < -0.3 is 15.7 Å². The first kappa shape index (κ1) is 16.5. The number of guanidine groups is 1. The molecular formula is C18H27N3OS. The van der Waals surface area contributed by atoms with Crippen molar-refractivity contribution in [1.29, 1.82) is 0 Å². The summed E-state index contributed by atoms with van der Waals surface area (Å²) in [5.74, 6) is 3.66. The number of rotatable bonds is 3. The van der Waals surface area contributed by atoms with Crippen LogP contribution in [0, 0.1) is 0 Å². The molecule has 2 aliphatic rings. The molecule has 3 rings (SSSR count). The van der Waals surface area contributed by atoms with Crippen LogP contribution in [0.2, 0.25) is 0 Å². The largest absolute Gasteiger partial charge is 0.508 e. The van der Waals surface area contributed by atoms with Crippen LogP contribution in [0.3, 0.4) is 0 Å². The van der Waals surface area contributed by atoms with Gasteiger partial charge in [-0.05, 0) is 61.5 Å². The predicted octanol–water partition coefficient (Wildman–Crippen LogP) is 2.83. The molecule has 0 spiro atoms. The molecule has 0 radical (unpaired) electrons. The summed E-state index contributed by atoms with van der Waals surface area (Å²) in [6, 6.07) is 4.42. The van der Waals surface area contributed by atoms with Gasteiger partial charge in [-0.3, -0.25) is 4.99 Å². The minimum atomic E-state index is 0.404. The number of nitrogens with one attached hydrogen (secondary N) is 2. The summed E-state index contributed by atoms with van der Waals surface area (Å²) in [5.41, 5.74) is 3.79. The van der Waals surface area contributed by atoms with E-state index in [9.17, 15) is 5.11 Å². The molecule has 4 nitrogen and oxygen atoms in total. The second-order valence-corrected chi connectivity index (χ2v) is 7.54. The Labute approximate surface area is 143 Å². The molecule has 1 heterocycles. The molecule has 1 aliphatic heterocycles. The van der Waals surface area contributed by atoms with Crippen molar-refractivity contribution in [2.45, 2.75) is 51.1 Å². The normalized spacial score (nSPS) is 21.6. The van der Waals surface area contributed by atoms with E-state index in [0.29, 0.717) is 18.3 Å². The van der Waals surface area contributed by atoms with Crippen molar-refractivity contribution in [3.05, 3.63) is 28.8 Å². The van der Waals surface area contributed by atoms with E-state index in [2.05, 4.69) is 21.7 Å². The fraction of sp³-hybridized carbons (Fsp3) is 0.611. The van der Waals surface area contributed by atoms with E-state index in [1.54, 1.807) is 0 Å². The summed E-state index contributed by atoms with van der Waals surface area (Å²) in [6.45, 7) is 0.633. The van der Waals surface area contributed by atoms with Gasteiger partial charge in [0.25, 0.3) is 0 Å². The topological polar surface area (TPSA) is 56.7 Å². The number of aromatic hydroxyl groups is 1. The zero-order chi connectivity index (χ0) is 16.1. The Morgan fingerprint density at radius 1 is 1.30 bits per heavy atom. The van der Waals surface area contributed by atoms with Gasteiger partial charge in [-0.2, -0.15) is 11.8 Å². The molecule has 0 amide bonds. The molecule has 23 heavy (non-hydrogen) atoms. The van der Waals surface area contributed by atoms with Crippen LogP contribution in [0.15, 0.2) is 17.1 Å². The van der Waals surface area contributed by atoms with E-state index >= 15 is 0 Å². The van der Waals surface area contributed by atoms with Crippen LogP contribution in [0.5, 0.6) is 5.75 Å². The molecule has 1 atom stereocenters. The average Bonchev–Trinajstić information content (AvgIpc) is 2.60. The second-order valence-electron chi connectivity index (χ2n) is 6.39. The summed E-state index contributed by atoms with van der Waals surface area (Å²) >= 11 is 2.01. The average molecular weight is 334 g/mol. The van der Waals surface area contributed by atoms with Crippen molar-refractivity contribution in [2.75, 3.05) is 18.6 Å². The van der Waals surface area contributed by atoms with Gasteiger partial charge in [-0.15, -0.1) is 0 Å². The molecule has 126 valence electrons. The van der Waals surface area contributed by atoms with E-state index in [1.807, 2.05) is 24.9 Å².